The largest absolute Gasteiger partial charge is 0.358 e. The number of hydrogen-bond acceptors (Lipinski definition) is 3. The molecule has 0 fully saturated rings. The number of anilines is 1. The Kier molecular flexibility index (Phi) is 4.24. The molecule has 4 nitrogen and oxygen atoms in total. The Morgan fingerprint density at radius 1 is 1.21 bits per heavy atom. The molecule has 5 heteroatoms. The topological polar surface area (TPSA) is 57.8 Å². The Morgan fingerprint density at radius 2 is 2.07 bits per heavy atom. The highest BCUT2D eigenvalue weighted by Crippen LogP contribution is 2.32. The molecule has 0 bridgehead atoms. The van der Waals surface area contributed by atoms with Gasteiger partial charge in [0.1, 0.15) is 0 Å². The average molecular weight is 388 g/mol. The number of aromatic amines is 1. The summed E-state index contributed by atoms with van der Waals surface area (Å²) in [5, 5.41) is 6.72. The first-order valence-corrected chi connectivity index (χ1v) is 10.5. The van der Waals surface area contributed by atoms with Crippen LogP contribution in [0.5, 0.6) is 0 Å². The van der Waals surface area contributed by atoms with Crippen molar-refractivity contribution in [2.75, 3.05) is 5.32 Å². The van der Waals surface area contributed by atoms with Crippen LogP contribution in [-0.4, -0.2) is 15.9 Å². The SMILES string of the molecule is C[C@@H]1CCc2[nH]c3ccc(C(=O)Nc4nc(-c5ccccc5)cs4)cc3c2C1. The second kappa shape index (κ2) is 6.91. The minimum atomic E-state index is -0.116. The van der Waals surface area contributed by atoms with E-state index in [0.29, 0.717) is 16.6 Å². The van der Waals surface area contributed by atoms with Crippen LogP contribution in [0.4, 0.5) is 5.13 Å². The first kappa shape index (κ1) is 17.2. The molecule has 4 aromatic rings. The Hall–Kier alpha value is -2.92. The summed E-state index contributed by atoms with van der Waals surface area (Å²) in [5.41, 5.74) is 6.43. The van der Waals surface area contributed by atoms with Gasteiger partial charge < -0.3 is 4.98 Å². The van der Waals surface area contributed by atoms with E-state index in [1.165, 1.54) is 34.4 Å². The number of amides is 1. The van der Waals surface area contributed by atoms with Crippen LogP contribution in [0, 0.1) is 5.92 Å². The predicted molar refractivity (Wildman–Crippen MR) is 115 cm³/mol. The van der Waals surface area contributed by atoms with Crippen molar-refractivity contribution in [3.05, 3.63) is 70.7 Å². The standard InChI is InChI=1S/C23H21N3OS/c1-14-7-9-19-17(11-14)18-12-16(8-10-20(18)24-19)22(27)26-23-25-21(13-28-23)15-5-3-2-4-6-15/h2-6,8,10,12-14,24H,7,9,11H2,1H3,(H,25,26,27)/t14-/m1/s1. The van der Waals surface area contributed by atoms with Gasteiger partial charge in [0.05, 0.1) is 5.69 Å². The van der Waals surface area contributed by atoms with Crippen molar-refractivity contribution in [1.82, 2.24) is 9.97 Å². The van der Waals surface area contributed by atoms with E-state index in [-0.39, 0.29) is 5.91 Å². The highest BCUT2D eigenvalue weighted by atomic mass is 32.1. The monoisotopic (exact) mass is 387 g/mol. The lowest BCUT2D eigenvalue weighted by Gasteiger charge is -2.18. The van der Waals surface area contributed by atoms with E-state index in [0.717, 1.165) is 29.6 Å². The van der Waals surface area contributed by atoms with E-state index in [1.54, 1.807) is 0 Å². The van der Waals surface area contributed by atoms with E-state index in [9.17, 15) is 4.79 Å². The maximum absolute atomic E-state index is 12.8. The summed E-state index contributed by atoms with van der Waals surface area (Å²) in [5.74, 6) is 0.574. The zero-order valence-corrected chi connectivity index (χ0v) is 16.5. The summed E-state index contributed by atoms with van der Waals surface area (Å²) in [4.78, 5) is 20.9. The van der Waals surface area contributed by atoms with Gasteiger partial charge in [0, 0.05) is 33.1 Å². The van der Waals surface area contributed by atoms with Gasteiger partial charge in [0.2, 0.25) is 0 Å². The number of nitrogens with zero attached hydrogens (tertiary/aromatic N) is 1. The van der Waals surface area contributed by atoms with Crippen LogP contribution in [0.1, 0.15) is 35.0 Å². The average Bonchev–Trinajstić information content (AvgIpc) is 3.32. The van der Waals surface area contributed by atoms with Gasteiger partial charge in [-0.05, 0) is 48.9 Å². The van der Waals surface area contributed by atoms with Crippen molar-refractivity contribution in [2.24, 2.45) is 5.92 Å². The Labute approximate surface area is 167 Å². The third kappa shape index (κ3) is 3.12. The van der Waals surface area contributed by atoms with Crippen molar-refractivity contribution >= 4 is 33.3 Å². The Bertz CT molecular complexity index is 1160. The number of carbonyl (C=O) groups is 1. The highest BCUT2D eigenvalue weighted by Gasteiger charge is 2.20. The van der Waals surface area contributed by atoms with Crippen molar-refractivity contribution in [3.63, 3.8) is 0 Å². The maximum Gasteiger partial charge on any atom is 0.257 e. The first-order chi connectivity index (χ1) is 13.7. The summed E-state index contributed by atoms with van der Waals surface area (Å²) in [7, 11) is 0. The van der Waals surface area contributed by atoms with Gasteiger partial charge in [-0.25, -0.2) is 4.98 Å². The molecule has 0 aliphatic heterocycles. The van der Waals surface area contributed by atoms with Crippen molar-refractivity contribution in [1.29, 1.82) is 0 Å². The molecule has 0 unspecified atom stereocenters. The number of nitrogens with one attached hydrogen (secondary N) is 2. The quantitative estimate of drug-likeness (QED) is 0.476. The van der Waals surface area contributed by atoms with Gasteiger partial charge in [0.25, 0.3) is 5.91 Å². The van der Waals surface area contributed by atoms with E-state index < -0.39 is 0 Å². The number of aryl methyl sites for hydroxylation is 1. The molecular formula is C23H21N3OS. The molecule has 2 aromatic heterocycles. The Balaban J connectivity index is 1.40. The molecule has 1 atom stereocenters. The molecule has 1 amide bonds. The minimum absolute atomic E-state index is 0.116. The van der Waals surface area contributed by atoms with Crippen LogP contribution >= 0.6 is 11.3 Å². The lowest BCUT2D eigenvalue weighted by atomic mass is 9.87. The molecular weight excluding hydrogens is 366 g/mol. The zero-order chi connectivity index (χ0) is 19.1. The summed E-state index contributed by atoms with van der Waals surface area (Å²) in [6.07, 6.45) is 3.39. The number of fused-ring (bicyclic) bond motifs is 3. The van der Waals surface area contributed by atoms with Crippen LogP contribution in [0.15, 0.2) is 53.9 Å². The molecule has 0 saturated heterocycles. The maximum atomic E-state index is 12.8. The van der Waals surface area contributed by atoms with Gasteiger partial charge in [-0.15, -0.1) is 11.3 Å². The fourth-order valence-corrected chi connectivity index (χ4v) is 4.69. The first-order valence-electron chi connectivity index (χ1n) is 9.63. The summed E-state index contributed by atoms with van der Waals surface area (Å²) < 4.78 is 0. The fraction of sp³-hybridized carbons (Fsp3) is 0.217. The van der Waals surface area contributed by atoms with E-state index in [4.69, 9.17) is 0 Å². The van der Waals surface area contributed by atoms with E-state index >= 15 is 0 Å². The number of benzene rings is 2. The van der Waals surface area contributed by atoms with Gasteiger partial charge in [-0.3, -0.25) is 10.1 Å². The number of hydrogen-bond donors (Lipinski definition) is 2. The number of H-pyrrole nitrogens is 1. The summed E-state index contributed by atoms with van der Waals surface area (Å²) >= 11 is 1.45. The van der Waals surface area contributed by atoms with Gasteiger partial charge in [0.15, 0.2) is 5.13 Å². The highest BCUT2D eigenvalue weighted by molar-refractivity contribution is 7.14. The van der Waals surface area contributed by atoms with E-state index in [1.807, 2.05) is 53.9 Å². The predicted octanol–water partition coefficient (Wildman–Crippen LogP) is 5.67. The normalized spacial score (nSPS) is 16.1. The number of aromatic nitrogens is 2. The van der Waals surface area contributed by atoms with Crippen LogP contribution in [0.25, 0.3) is 22.2 Å². The molecule has 0 radical (unpaired) electrons. The molecule has 5 rings (SSSR count). The van der Waals surface area contributed by atoms with Crippen LogP contribution < -0.4 is 5.32 Å². The second-order valence-corrected chi connectivity index (χ2v) is 8.41. The van der Waals surface area contributed by atoms with Crippen molar-refractivity contribution in [3.8, 4) is 11.3 Å². The third-order valence-electron chi connectivity index (χ3n) is 5.49. The van der Waals surface area contributed by atoms with Crippen molar-refractivity contribution < 1.29 is 4.79 Å². The van der Waals surface area contributed by atoms with Gasteiger partial charge in [-0.2, -0.15) is 0 Å². The van der Waals surface area contributed by atoms with Crippen LogP contribution in [-0.2, 0) is 12.8 Å². The molecule has 140 valence electrons. The number of thiazole rings is 1. The molecule has 1 aliphatic rings. The molecule has 0 saturated carbocycles. The summed E-state index contributed by atoms with van der Waals surface area (Å²) in [6.45, 7) is 2.30. The molecule has 2 aromatic carbocycles. The molecule has 2 N–H and O–H groups in total. The molecule has 2 heterocycles. The Morgan fingerprint density at radius 3 is 2.93 bits per heavy atom. The van der Waals surface area contributed by atoms with Crippen LogP contribution in [0.3, 0.4) is 0 Å². The lowest BCUT2D eigenvalue weighted by molar-refractivity contribution is 0.102. The smallest absolute Gasteiger partial charge is 0.257 e. The third-order valence-corrected chi connectivity index (χ3v) is 6.25. The second-order valence-electron chi connectivity index (χ2n) is 7.55. The number of carbonyl (C=O) groups excluding carboxylic acids is 1. The zero-order valence-electron chi connectivity index (χ0n) is 15.7. The molecule has 28 heavy (non-hydrogen) atoms. The molecule has 1 aliphatic carbocycles. The number of rotatable bonds is 3. The van der Waals surface area contributed by atoms with Crippen LogP contribution in [0.2, 0.25) is 0 Å². The van der Waals surface area contributed by atoms with Gasteiger partial charge in [-0.1, -0.05) is 37.3 Å². The lowest BCUT2D eigenvalue weighted by Crippen LogP contribution is -2.12. The van der Waals surface area contributed by atoms with Gasteiger partial charge >= 0.3 is 0 Å². The van der Waals surface area contributed by atoms with E-state index in [2.05, 4.69) is 22.2 Å². The minimum Gasteiger partial charge on any atom is -0.358 e. The molecule has 0 spiro atoms. The van der Waals surface area contributed by atoms with Crippen molar-refractivity contribution in [2.45, 2.75) is 26.2 Å². The fourth-order valence-electron chi connectivity index (χ4n) is 3.97. The summed E-state index contributed by atoms with van der Waals surface area (Å²) in [6, 6.07) is 15.9.